The van der Waals surface area contributed by atoms with Gasteiger partial charge in [-0.15, -0.1) is 0 Å². The third kappa shape index (κ3) is 3.19. The topological polar surface area (TPSA) is 73.1 Å². The second kappa shape index (κ2) is 6.02. The normalized spacial score (nSPS) is 24.4. The Morgan fingerprint density at radius 3 is 2.53 bits per heavy atom. The molecule has 17 heavy (non-hydrogen) atoms. The predicted octanol–water partition coefficient (Wildman–Crippen LogP) is 1.59. The van der Waals surface area contributed by atoms with Gasteiger partial charge in [-0.1, -0.05) is 13.8 Å². The molecule has 2 atom stereocenters. The molecular weight excluding hydrogens is 216 g/mol. The molecule has 0 bridgehead atoms. The number of aliphatic hydroxyl groups excluding tert-OH is 1. The first-order valence-electron chi connectivity index (χ1n) is 6.45. The molecule has 0 aromatic rings. The average molecular weight is 238 g/mol. The van der Waals surface area contributed by atoms with E-state index in [-0.39, 0.29) is 12.0 Å². The highest BCUT2D eigenvalue weighted by Gasteiger charge is 2.35. The fourth-order valence-corrected chi connectivity index (χ4v) is 2.42. The highest BCUT2D eigenvalue weighted by molar-refractivity contribution is 5.85. The summed E-state index contributed by atoms with van der Waals surface area (Å²) >= 11 is 0. The molecule has 0 aromatic heterocycles. The SMILES string of the molecule is CCC(C#N)(CC)C(=O)NCC1CCC(O)C1. The van der Waals surface area contributed by atoms with Crippen LogP contribution in [0.2, 0.25) is 0 Å². The van der Waals surface area contributed by atoms with Gasteiger partial charge in [-0.3, -0.25) is 4.79 Å². The first-order chi connectivity index (χ1) is 8.07. The van der Waals surface area contributed by atoms with Gasteiger partial charge >= 0.3 is 0 Å². The summed E-state index contributed by atoms with van der Waals surface area (Å²) in [6, 6.07) is 2.14. The van der Waals surface area contributed by atoms with Crippen LogP contribution in [0.25, 0.3) is 0 Å². The summed E-state index contributed by atoms with van der Waals surface area (Å²) in [4.78, 5) is 12.0. The molecule has 1 saturated carbocycles. The highest BCUT2D eigenvalue weighted by atomic mass is 16.3. The number of nitrogens with one attached hydrogen (secondary N) is 1. The molecule has 1 aliphatic carbocycles. The Kier molecular flexibility index (Phi) is 4.95. The number of nitrogens with zero attached hydrogens (tertiary/aromatic N) is 1. The van der Waals surface area contributed by atoms with Crippen LogP contribution < -0.4 is 5.32 Å². The van der Waals surface area contributed by atoms with Gasteiger partial charge < -0.3 is 10.4 Å². The van der Waals surface area contributed by atoms with Crippen LogP contribution in [-0.2, 0) is 4.79 Å². The number of nitriles is 1. The summed E-state index contributed by atoms with van der Waals surface area (Å²) < 4.78 is 0. The van der Waals surface area contributed by atoms with Crippen molar-refractivity contribution in [3.05, 3.63) is 0 Å². The first kappa shape index (κ1) is 14.0. The third-order valence-electron chi connectivity index (χ3n) is 3.92. The molecule has 1 amide bonds. The Labute approximate surface area is 103 Å². The van der Waals surface area contributed by atoms with E-state index in [1.807, 2.05) is 13.8 Å². The van der Waals surface area contributed by atoms with E-state index in [1.54, 1.807) is 0 Å². The predicted molar refractivity (Wildman–Crippen MR) is 65.0 cm³/mol. The van der Waals surface area contributed by atoms with Gasteiger partial charge in [-0.25, -0.2) is 0 Å². The molecule has 0 radical (unpaired) electrons. The maximum absolute atomic E-state index is 12.0. The number of hydrogen-bond donors (Lipinski definition) is 2. The lowest BCUT2D eigenvalue weighted by molar-refractivity contribution is -0.128. The first-order valence-corrected chi connectivity index (χ1v) is 6.45. The monoisotopic (exact) mass is 238 g/mol. The second-order valence-electron chi connectivity index (χ2n) is 4.94. The lowest BCUT2D eigenvalue weighted by Crippen LogP contribution is -2.41. The summed E-state index contributed by atoms with van der Waals surface area (Å²) in [7, 11) is 0. The molecule has 0 aliphatic heterocycles. The van der Waals surface area contributed by atoms with Gasteiger partial charge in [0.1, 0.15) is 5.41 Å². The molecule has 96 valence electrons. The van der Waals surface area contributed by atoms with Crippen LogP contribution in [0.4, 0.5) is 0 Å². The van der Waals surface area contributed by atoms with Gasteiger partial charge in [0, 0.05) is 6.54 Å². The number of amides is 1. The second-order valence-corrected chi connectivity index (χ2v) is 4.94. The van der Waals surface area contributed by atoms with Crippen LogP contribution in [0.3, 0.4) is 0 Å². The Morgan fingerprint density at radius 2 is 2.12 bits per heavy atom. The fraction of sp³-hybridized carbons (Fsp3) is 0.846. The minimum atomic E-state index is -0.878. The molecule has 0 heterocycles. The van der Waals surface area contributed by atoms with Crippen LogP contribution in [0, 0.1) is 22.7 Å². The van der Waals surface area contributed by atoms with Crippen molar-refractivity contribution >= 4 is 5.91 Å². The van der Waals surface area contributed by atoms with Crippen LogP contribution in [-0.4, -0.2) is 23.7 Å². The number of carbonyl (C=O) groups is 1. The maximum Gasteiger partial charge on any atom is 0.240 e. The zero-order chi connectivity index (χ0) is 12.9. The van der Waals surface area contributed by atoms with Crippen molar-refractivity contribution in [3.8, 4) is 6.07 Å². The van der Waals surface area contributed by atoms with Gasteiger partial charge in [0.25, 0.3) is 0 Å². The number of hydrogen-bond acceptors (Lipinski definition) is 3. The number of rotatable bonds is 5. The zero-order valence-electron chi connectivity index (χ0n) is 10.7. The molecule has 4 nitrogen and oxygen atoms in total. The Morgan fingerprint density at radius 1 is 1.47 bits per heavy atom. The van der Waals surface area contributed by atoms with E-state index in [0.717, 1.165) is 19.3 Å². The lowest BCUT2D eigenvalue weighted by Gasteiger charge is -2.23. The molecule has 1 rings (SSSR count). The third-order valence-corrected chi connectivity index (χ3v) is 3.92. The van der Waals surface area contributed by atoms with Gasteiger partial charge in [-0.05, 0) is 38.0 Å². The zero-order valence-corrected chi connectivity index (χ0v) is 10.7. The Balaban J connectivity index is 2.46. The summed E-state index contributed by atoms with van der Waals surface area (Å²) in [6.45, 7) is 4.32. The number of aliphatic hydroxyl groups is 1. The van der Waals surface area contributed by atoms with Crippen LogP contribution in [0.1, 0.15) is 46.0 Å². The largest absolute Gasteiger partial charge is 0.393 e. The smallest absolute Gasteiger partial charge is 0.240 e. The standard InChI is InChI=1S/C13H22N2O2/c1-3-13(4-2,9-14)12(17)15-8-10-5-6-11(16)7-10/h10-11,16H,3-8H2,1-2H3,(H,15,17). The number of carbonyl (C=O) groups excluding carboxylic acids is 1. The molecular formula is C13H22N2O2. The minimum Gasteiger partial charge on any atom is -0.393 e. The summed E-state index contributed by atoms with van der Waals surface area (Å²) in [5, 5.41) is 21.4. The summed E-state index contributed by atoms with van der Waals surface area (Å²) in [5.41, 5.74) is -0.878. The van der Waals surface area contributed by atoms with Crippen molar-refractivity contribution in [1.82, 2.24) is 5.32 Å². The van der Waals surface area contributed by atoms with E-state index in [9.17, 15) is 9.90 Å². The summed E-state index contributed by atoms with van der Waals surface area (Å²) in [6.07, 6.45) is 3.41. The van der Waals surface area contributed by atoms with Crippen molar-refractivity contribution in [2.45, 2.75) is 52.1 Å². The van der Waals surface area contributed by atoms with Crippen LogP contribution >= 0.6 is 0 Å². The highest BCUT2D eigenvalue weighted by Crippen LogP contribution is 2.27. The van der Waals surface area contributed by atoms with Gasteiger partial charge in [0.2, 0.25) is 5.91 Å². The maximum atomic E-state index is 12.0. The Hall–Kier alpha value is -1.08. The van der Waals surface area contributed by atoms with Crippen molar-refractivity contribution in [2.75, 3.05) is 6.54 Å². The lowest BCUT2D eigenvalue weighted by atomic mass is 9.83. The molecule has 0 spiro atoms. The van der Waals surface area contributed by atoms with Crippen molar-refractivity contribution in [3.63, 3.8) is 0 Å². The van der Waals surface area contributed by atoms with Gasteiger partial charge in [0.05, 0.1) is 12.2 Å². The van der Waals surface area contributed by atoms with Crippen molar-refractivity contribution in [2.24, 2.45) is 11.3 Å². The van der Waals surface area contributed by atoms with Crippen LogP contribution in [0.5, 0.6) is 0 Å². The van der Waals surface area contributed by atoms with Gasteiger partial charge in [-0.2, -0.15) is 5.26 Å². The molecule has 2 N–H and O–H groups in total. The Bertz CT molecular complexity index is 305. The van der Waals surface area contributed by atoms with E-state index in [1.165, 1.54) is 0 Å². The molecule has 0 saturated heterocycles. The molecule has 1 aliphatic rings. The average Bonchev–Trinajstić information content (AvgIpc) is 2.75. The quantitative estimate of drug-likeness (QED) is 0.764. The molecule has 1 fully saturated rings. The molecule has 4 heteroatoms. The van der Waals surface area contributed by atoms with Crippen molar-refractivity contribution < 1.29 is 9.90 Å². The van der Waals surface area contributed by atoms with E-state index < -0.39 is 5.41 Å². The minimum absolute atomic E-state index is 0.161. The molecule has 0 aromatic carbocycles. The van der Waals surface area contributed by atoms with E-state index in [2.05, 4.69) is 11.4 Å². The van der Waals surface area contributed by atoms with Crippen LogP contribution in [0.15, 0.2) is 0 Å². The fourth-order valence-electron chi connectivity index (χ4n) is 2.42. The van der Waals surface area contributed by atoms with E-state index in [0.29, 0.717) is 25.3 Å². The van der Waals surface area contributed by atoms with E-state index in [4.69, 9.17) is 5.26 Å². The summed E-state index contributed by atoms with van der Waals surface area (Å²) in [5.74, 6) is 0.199. The van der Waals surface area contributed by atoms with Gasteiger partial charge in [0.15, 0.2) is 0 Å². The van der Waals surface area contributed by atoms with Crippen molar-refractivity contribution in [1.29, 1.82) is 5.26 Å². The van der Waals surface area contributed by atoms with E-state index >= 15 is 0 Å². The molecule has 2 unspecified atom stereocenters.